The molecule has 0 atom stereocenters. The van der Waals surface area contributed by atoms with Crippen molar-refractivity contribution in [1.82, 2.24) is 0 Å². The molecule has 2 rings (SSSR count). The second kappa shape index (κ2) is 3.83. The van der Waals surface area contributed by atoms with Crippen molar-refractivity contribution in [3.63, 3.8) is 0 Å². The molecule has 1 aliphatic heterocycles. The zero-order valence-electron chi connectivity index (χ0n) is 7.49. The number of fused-ring (bicyclic) bond motifs is 1. The van der Waals surface area contributed by atoms with Gasteiger partial charge < -0.3 is 4.84 Å². The van der Waals surface area contributed by atoms with Crippen molar-refractivity contribution >= 4 is 17.5 Å². The lowest BCUT2D eigenvalue weighted by molar-refractivity contribution is 0.213. The van der Waals surface area contributed by atoms with E-state index in [4.69, 9.17) is 4.84 Å². The third kappa shape index (κ3) is 1.70. The van der Waals surface area contributed by atoms with E-state index >= 15 is 0 Å². The monoisotopic (exact) mass is 193 g/mol. The largest absolute Gasteiger partial charge is 0.399 e. The molecule has 0 N–H and O–H groups in total. The van der Waals surface area contributed by atoms with Gasteiger partial charge in [-0.25, -0.2) is 0 Å². The van der Waals surface area contributed by atoms with Crippen molar-refractivity contribution in [3.8, 4) is 0 Å². The zero-order valence-corrected chi connectivity index (χ0v) is 8.30. The van der Waals surface area contributed by atoms with Crippen molar-refractivity contribution in [2.45, 2.75) is 11.3 Å². The molecule has 68 valence electrons. The van der Waals surface area contributed by atoms with Gasteiger partial charge in [-0.1, -0.05) is 23.4 Å². The Bertz CT molecular complexity index is 335. The number of hydrogen-bond donors (Lipinski definition) is 0. The molecule has 0 fully saturated rings. The summed E-state index contributed by atoms with van der Waals surface area (Å²) in [4.78, 5) is 6.13. The topological polar surface area (TPSA) is 21.6 Å². The van der Waals surface area contributed by atoms with Crippen LogP contribution in [-0.2, 0) is 4.84 Å². The van der Waals surface area contributed by atoms with Gasteiger partial charge in [0.1, 0.15) is 7.11 Å². The lowest BCUT2D eigenvalue weighted by Gasteiger charge is -2.15. The molecule has 2 nitrogen and oxygen atoms in total. The Morgan fingerprint density at radius 1 is 1.38 bits per heavy atom. The Kier molecular flexibility index (Phi) is 2.54. The Hall–Kier alpha value is -0.960. The van der Waals surface area contributed by atoms with E-state index in [0.29, 0.717) is 0 Å². The highest BCUT2D eigenvalue weighted by Gasteiger charge is 2.15. The summed E-state index contributed by atoms with van der Waals surface area (Å²) >= 11 is 1.88. The maximum Gasteiger partial charge on any atom is 0.106 e. The molecule has 0 bridgehead atoms. The molecule has 0 radical (unpaired) electrons. The zero-order chi connectivity index (χ0) is 9.10. The first-order valence-corrected chi connectivity index (χ1v) is 5.22. The van der Waals surface area contributed by atoms with Gasteiger partial charge in [0.05, 0.1) is 5.71 Å². The highest BCUT2D eigenvalue weighted by atomic mass is 32.2. The van der Waals surface area contributed by atoms with Crippen LogP contribution in [0.15, 0.2) is 34.3 Å². The maximum absolute atomic E-state index is 4.82. The van der Waals surface area contributed by atoms with E-state index in [1.165, 1.54) is 10.5 Å². The second-order valence-corrected chi connectivity index (χ2v) is 3.95. The van der Waals surface area contributed by atoms with Crippen molar-refractivity contribution in [2.24, 2.45) is 5.16 Å². The Morgan fingerprint density at radius 3 is 3.08 bits per heavy atom. The average molecular weight is 193 g/mol. The minimum absolute atomic E-state index is 0.996. The Balaban J connectivity index is 2.42. The molecule has 1 aliphatic rings. The first-order chi connectivity index (χ1) is 6.42. The van der Waals surface area contributed by atoms with Gasteiger partial charge in [-0.15, -0.1) is 11.8 Å². The fourth-order valence-electron chi connectivity index (χ4n) is 1.43. The standard InChI is InChI=1S/C10H11NOS/c1-12-11-9-6-7-13-10-5-3-2-4-8(9)10/h2-5H,6-7H2,1H3/b11-9-. The van der Waals surface area contributed by atoms with E-state index < -0.39 is 0 Å². The van der Waals surface area contributed by atoms with E-state index in [-0.39, 0.29) is 0 Å². The van der Waals surface area contributed by atoms with Gasteiger partial charge in [0.2, 0.25) is 0 Å². The van der Waals surface area contributed by atoms with Gasteiger partial charge in [0.15, 0.2) is 0 Å². The van der Waals surface area contributed by atoms with Gasteiger partial charge >= 0.3 is 0 Å². The van der Waals surface area contributed by atoms with E-state index in [1.54, 1.807) is 7.11 Å². The van der Waals surface area contributed by atoms with Crippen LogP contribution in [0.4, 0.5) is 0 Å². The van der Waals surface area contributed by atoms with Gasteiger partial charge in [-0.3, -0.25) is 0 Å². The third-order valence-corrected chi connectivity index (χ3v) is 3.07. The lowest BCUT2D eigenvalue weighted by atomic mass is 10.1. The van der Waals surface area contributed by atoms with E-state index in [1.807, 2.05) is 17.8 Å². The van der Waals surface area contributed by atoms with Crippen molar-refractivity contribution in [2.75, 3.05) is 12.9 Å². The van der Waals surface area contributed by atoms with E-state index in [9.17, 15) is 0 Å². The van der Waals surface area contributed by atoms with Crippen LogP contribution in [0.1, 0.15) is 12.0 Å². The first-order valence-electron chi connectivity index (χ1n) is 4.24. The SMILES string of the molecule is CO/N=C1/CCSc2ccccc21. The summed E-state index contributed by atoms with van der Waals surface area (Å²) in [6.45, 7) is 0. The van der Waals surface area contributed by atoms with Gasteiger partial charge in [-0.2, -0.15) is 0 Å². The summed E-state index contributed by atoms with van der Waals surface area (Å²) < 4.78 is 0. The number of rotatable bonds is 1. The van der Waals surface area contributed by atoms with E-state index in [2.05, 4.69) is 23.4 Å². The van der Waals surface area contributed by atoms with Crippen molar-refractivity contribution in [3.05, 3.63) is 29.8 Å². The van der Waals surface area contributed by atoms with Crippen LogP contribution in [-0.4, -0.2) is 18.6 Å². The molecule has 0 spiro atoms. The fourth-order valence-corrected chi connectivity index (χ4v) is 2.46. The number of benzene rings is 1. The minimum Gasteiger partial charge on any atom is -0.399 e. The van der Waals surface area contributed by atoms with Crippen LogP contribution in [0.25, 0.3) is 0 Å². The molecule has 0 saturated heterocycles. The molecule has 0 unspecified atom stereocenters. The number of oxime groups is 1. The quantitative estimate of drug-likeness (QED) is 0.639. The summed E-state index contributed by atoms with van der Waals surface area (Å²) in [6.07, 6.45) is 0.996. The van der Waals surface area contributed by atoms with Crippen LogP contribution in [0.2, 0.25) is 0 Å². The molecule has 0 amide bonds. The second-order valence-electron chi connectivity index (χ2n) is 2.82. The number of nitrogens with zero attached hydrogens (tertiary/aromatic N) is 1. The summed E-state index contributed by atoms with van der Waals surface area (Å²) in [6, 6.07) is 8.32. The summed E-state index contributed by atoms with van der Waals surface area (Å²) in [5, 5.41) is 4.03. The summed E-state index contributed by atoms with van der Waals surface area (Å²) in [5.41, 5.74) is 2.29. The molecule has 0 aliphatic carbocycles. The fraction of sp³-hybridized carbons (Fsp3) is 0.300. The van der Waals surface area contributed by atoms with Gasteiger partial charge in [-0.05, 0) is 6.07 Å². The maximum atomic E-state index is 4.82. The van der Waals surface area contributed by atoms with Gasteiger partial charge in [0.25, 0.3) is 0 Å². The average Bonchev–Trinajstić information content (AvgIpc) is 2.19. The molecule has 1 aromatic carbocycles. The summed E-state index contributed by atoms with van der Waals surface area (Å²) in [5.74, 6) is 1.10. The van der Waals surface area contributed by atoms with Crippen LogP contribution in [0.5, 0.6) is 0 Å². The van der Waals surface area contributed by atoms with Crippen LogP contribution in [0, 0.1) is 0 Å². The number of thioether (sulfide) groups is 1. The summed E-state index contributed by atoms with van der Waals surface area (Å²) in [7, 11) is 1.59. The Labute approximate surface area is 82.0 Å². The Morgan fingerprint density at radius 2 is 2.23 bits per heavy atom. The molecule has 0 aromatic heterocycles. The van der Waals surface area contributed by atoms with Gasteiger partial charge in [0, 0.05) is 22.6 Å². The van der Waals surface area contributed by atoms with Crippen LogP contribution < -0.4 is 0 Å². The predicted molar refractivity (Wildman–Crippen MR) is 55.3 cm³/mol. The van der Waals surface area contributed by atoms with Crippen molar-refractivity contribution in [1.29, 1.82) is 0 Å². The van der Waals surface area contributed by atoms with Crippen molar-refractivity contribution < 1.29 is 4.84 Å². The molecule has 3 heteroatoms. The highest BCUT2D eigenvalue weighted by Crippen LogP contribution is 2.29. The molecule has 0 saturated carbocycles. The number of hydrogen-bond acceptors (Lipinski definition) is 3. The predicted octanol–water partition coefficient (Wildman–Crippen LogP) is 2.53. The minimum atomic E-state index is 0.996. The third-order valence-electron chi connectivity index (χ3n) is 2.00. The first kappa shape index (κ1) is 8.63. The molecular weight excluding hydrogens is 182 g/mol. The van der Waals surface area contributed by atoms with E-state index in [0.717, 1.165) is 17.9 Å². The highest BCUT2D eigenvalue weighted by molar-refractivity contribution is 7.99. The lowest BCUT2D eigenvalue weighted by Crippen LogP contribution is -2.09. The molecule has 1 aromatic rings. The van der Waals surface area contributed by atoms with Crippen LogP contribution in [0.3, 0.4) is 0 Å². The molecule has 1 heterocycles. The molecule has 13 heavy (non-hydrogen) atoms. The normalized spacial score (nSPS) is 18.4. The smallest absolute Gasteiger partial charge is 0.106 e. The van der Waals surface area contributed by atoms with Crippen LogP contribution >= 0.6 is 11.8 Å². The molecular formula is C10H11NOS.